The second-order valence-electron chi connectivity index (χ2n) is 5.08. The quantitative estimate of drug-likeness (QED) is 0.901. The van der Waals surface area contributed by atoms with Crippen LogP contribution in [0.15, 0.2) is 42.6 Å². The minimum Gasteiger partial charge on any atom is -0.353 e. The molecule has 1 aromatic heterocycles. The molecule has 1 aliphatic rings. The number of amides is 2. The van der Waals surface area contributed by atoms with Gasteiger partial charge in [0.25, 0.3) is 5.91 Å². The van der Waals surface area contributed by atoms with E-state index in [1.54, 1.807) is 30.3 Å². The Morgan fingerprint density at radius 1 is 1.26 bits per heavy atom. The van der Waals surface area contributed by atoms with E-state index in [0.29, 0.717) is 18.7 Å². The standard InChI is InChI=1S/C16H15FN4O2/c17-12-5-1-2-6-13(12)20-15-11(4-3-7-19-15)16(23)21-9-8-18-14(22)10-21/h1-7H,8-10H2,(H,18,22)(H,19,20). The maximum atomic E-state index is 13.8. The summed E-state index contributed by atoms with van der Waals surface area (Å²) in [6.07, 6.45) is 1.52. The molecule has 1 aromatic carbocycles. The van der Waals surface area contributed by atoms with E-state index in [4.69, 9.17) is 0 Å². The van der Waals surface area contributed by atoms with Crippen LogP contribution < -0.4 is 10.6 Å². The molecule has 0 aliphatic carbocycles. The van der Waals surface area contributed by atoms with Gasteiger partial charge in [-0.2, -0.15) is 0 Å². The molecule has 6 nitrogen and oxygen atoms in total. The van der Waals surface area contributed by atoms with Crippen molar-refractivity contribution in [3.05, 3.63) is 54.0 Å². The van der Waals surface area contributed by atoms with E-state index in [0.717, 1.165) is 0 Å². The van der Waals surface area contributed by atoms with Gasteiger partial charge in [0, 0.05) is 19.3 Å². The smallest absolute Gasteiger partial charge is 0.258 e. The third-order valence-electron chi connectivity index (χ3n) is 3.49. The molecule has 7 heteroatoms. The summed E-state index contributed by atoms with van der Waals surface area (Å²) in [5, 5.41) is 5.50. The number of para-hydroxylation sites is 1. The van der Waals surface area contributed by atoms with Gasteiger partial charge in [0.05, 0.1) is 17.8 Å². The first-order valence-electron chi connectivity index (χ1n) is 7.17. The monoisotopic (exact) mass is 314 g/mol. The molecule has 0 spiro atoms. The Balaban J connectivity index is 1.87. The number of piperazine rings is 1. The first-order chi connectivity index (χ1) is 11.1. The zero-order chi connectivity index (χ0) is 16.2. The largest absolute Gasteiger partial charge is 0.353 e. The maximum Gasteiger partial charge on any atom is 0.258 e. The van der Waals surface area contributed by atoms with Crippen molar-refractivity contribution in [1.82, 2.24) is 15.2 Å². The Labute approximate surface area is 132 Å². The highest BCUT2D eigenvalue weighted by atomic mass is 19.1. The van der Waals surface area contributed by atoms with Gasteiger partial charge < -0.3 is 15.5 Å². The summed E-state index contributed by atoms with van der Waals surface area (Å²) < 4.78 is 13.8. The van der Waals surface area contributed by atoms with E-state index < -0.39 is 5.82 Å². The predicted octanol–water partition coefficient (Wildman–Crippen LogP) is 1.54. The number of hydrogen-bond donors (Lipinski definition) is 2. The number of nitrogens with zero attached hydrogens (tertiary/aromatic N) is 2. The highest BCUT2D eigenvalue weighted by Gasteiger charge is 2.24. The molecular weight excluding hydrogens is 299 g/mol. The molecule has 0 bridgehead atoms. The summed E-state index contributed by atoms with van der Waals surface area (Å²) in [5.41, 5.74) is 0.530. The molecule has 118 valence electrons. The molecule has 2 N–H and O–H groups in total. The lowest BCUT2D eigenvalue weighted by atomic mass is 10.2. The lowest BCUT2D eigenvalue weighted by Crippen LogP contribution is -2.50. The Morgan fingerprint density at radius 3 is 2.87 bits per heavy atom. The van der Waals surface area contributed by atoms with Crippen LogP contribution in [-0.4, -0.2) is 41.3 Å². The third-order valence-corrected chi connectivity index (χ3v) is 3.49. The van der Waals surface area contributed by atoms with E-state index in [9.17, 15) is 14.0 Å². The molecule has 1 fully saturated rings. The normalized spacial score (nSPS) is 14.3. The Hall–Kier alpha value is -2.96. The number of halogens is 1. The summed E-state index contributed by atoms with van der Waals surface area (Å²) in [6.45, 7) is 0.854. The van der Waals surface area contributed by atoms with Crippen LogP contribution >= 0.6 is 0 Å². The fourth-order valence-electron chi connectivity index (χ4n) is 2.35. The van der Waals surface area contributed by atoms with Crippen molar-refractivity contribution in [3.8, 4) is 0 Å². The number of aromatic nitrogens is 1. The van der Waals surface area contributed by atoms with Crippen molar-refractivity contribution >= 4 is 23.3 Å². The number of hydrogen-bond acceptors (Lipinski definition) is 4. The molecule has 0 radical (unpaired) electrons. The fourth-order valence-corrected chi connectivity index (χ4v) is 2.35. The van der Waals surface area contributed by atoms with Crippen LogP contribution in [0.5, 0.6) is 0 Å². The van der Waals surface area contributed by atoms with Crippen LogP contribution in [0.4, 0.5) is 15.9 Å². The van der Waals surface area contributed by atoms with Crippen molar-refractivity contribution in [2.24, 2.45) is 0 Å². The highest BCUT2D eigenvalue weighted by molar-refractivity contribution is 6.01. The van der Waals surface area contributed by atoms with Crippen molar-refractivity contribution in [1.29, 1.82) is 0 Å². The van der Waals surface area contributed by atoms with E-state index in [1.807, 2.05) is 0 Å². The van der Waals surface area contributed by atoms with Gasteiger partial charge in [0.2, 0.25) is 5.91 Å². The van der Waals surface area contributed by atoms with Gasteiger partial charge in [-0.15, -0.1) is 0 Å². The summed E-state index contributed by atoms with van der Waals surface area (Å²) in [6, 6.07) is 9.38. The third kappa shape index (κ3) is 3.28. The summed E-state index contributed by atoms with van der Waals surface area (Å²) in [5.74, 6) is -0.689. The van der Waals surface area contributed by atoms with Gasteiger partial charge in [0.15, 0.2) is 0 Å². The number of rotatable bonds is 3. The number of benzene rings is 1. The van der Waals surface area contributed by atoms with Gasteiger partial charge in [-0.25, -0.2) is 9.37 Å². The van der Waals surface area contributed by atoms with Crippen molar-refractivity contribution in [2.45, 2.75) is 0 Å². The van der Waals surface area contributed by atoms with Crippen LogP contribution in [0, 0.1) is 5.82 Å². The summed E-state index contributed by atoms with van der Waals surface area (Å²) in [7, 11) is 0. The van der Waals surface area contributed by atoms with Gasteiger partial charge in [-0.3, -0.25) is 9.59 Å². The van der Waals surface area contributed by atoms with Crippen LogP contribution in [0.25, 0.3) is 0 Å². The molecule has 2 heterocycles. The molecular formula is C16H15FN4O2. The Morgan fingerprint density at radius 2 is 2.09 bits per heavy atom. The predicted molar refractivity (Wildman–Crippen MR) is 82.8 cm³/mol. The maximum absolute atomic E-state index is 13.8. The number of anilines is 2. The number of pyridine rings is 1. The van der Waals surface area contributed by atoms with Gasteiger partial charge >= 0.3 is 0 Å². The number of nitrogens with one attached hydrogen (secondary N) is 2. The van der Waals surface area contributed by atoms with E-state index in [1.165, 1.54) is 17.2 Å². The Bertz CT molecular complexity index is 750. The molecule has 0 saturated carbocycles. The fraction of sp³-hybridized carbons (Fsp3) is 0.188. The summed E-state index contributed by atoms with van der Waals surface area (Å²) in [4.78, 5) is 29.6. The van der Waals surface area contributed by atoms with Crippen LogP contribution in [0.1, 0.15) is 10.4 Å². The lowest BCUT2D eigenvalue weighted by Gasteiger charge is -2.27. The zero-order valence-electron chi connectivity index (χ0n) is 12.3. The lowest BCUT2D eigenvalue weighted by molar-refractivity contribution is -0.123. The van der Waals surface area contributed by atoms with Crippen molar-refractivity contribution in [3.63, 3.8) is 0 Å². The van der Waals surface area contributed by atoms with Crippen molar-refractivity contribution < 1.29 is 14.0 Å². The first kappa shape index (κ1) is 15.0. The summed E-state index contributed by atoms with van der Waals surface area (Å²) >= 11 is 0. The molecule has 0 unspecified atom stereocenters. The van der Waals surface area contributed by atoms with Crippen molar-refractivity contribution in [2.75, 3.05) is 25.0 Å². The molecule has 1 aliphatic heterocycles. The second-order valence-corrected chi connectivity index (χ2v) is 5.08. The molecule has 1 saturated heterocycles. The first-order valence-corrected chi connectivity index (χ1v) is 7.17. The molecule has 23 heavy (non-hydrogen) atoms. The second kappa shape index (κ2) is 6.43. The topological polar surface area (TPSA) is 74.3 Å². The molecule has 3 rings (SSSR count). The van der Waals surface area contributed by atoms with Gasteiger partial charge in [-0.05, 0) is 24.3 Å². The van der Waals surface area contributed by atoms with Crippen LogP contribution in [0.3, 0.4) is 0 Å². The van der Waals surface area contributed by atoms with Gasteiger partial charge in [-0.1, -0.05) is 12.1 Å². The number of carbonyl (C=O) groups is 2. The average molecular weight is 314 g/mol. The zero-order valence-corrected chi connectivity index (χ0v) is 12.3. The van der Waals surface area contributed by atoms with E-state index in [2.05, 4.69) is 15.6 Å². The molecule has 0 atom stereocenters. The van der Waals surface area contributed by atoms with Crippen LogP contribution in [-0.2, 0) is 4.79 Å². The van der Waals surface area contributed by atoms with E-state index in [-0.39, 0.29) is 29.9 Å². The van der Waals surface area contributed by atoms with Gasteiger partial charge in [0.1, 0.15) is 11.6 Å². The minimum atomic E-state index is -0.436. The highest BCUT2D eigenvalue weighted by Crippen LogP contribution is 2.22. The van der Waals surface area contributed by atoms with E-state index >= 15 is 0 Å². The van der Waals surface area contributed by atoms with Crippen LogP contribution in [0.2, 0.25) is 0 Å². The molecule has 2 amide bonds. The Kier molecular flexibility index (Phi) is 4.18. The average Bonchev–Trinajstić information content (AvgIpc) is 2.57. The molecule has 2 aromatic rings. The minimum absolute atomic E-state index is 0.00681. The SMILES string of the molecule is O=C1CN(C(=O)c2cccnc2Nc2ccccc2F)CCN1. The number of carbonyl (C=O) groups excluding carboxylic acids is 2.